The highest BCUT2D eigenvalue weighted by Crippen LogP contribution is 2.49. The largest absolute Gasteiger partial charge is 0.464 e. The van der Waals surface area contributed by atoms with E-state index in [1.807, 2.05) is 18.2 Å². The van der Waals surface area contributed by atoms with E-state index < -0.39 is 0 Å². The van der Waals surface area contributed by atoms with Crippen LogP contribution in [0, 0.1) is 0 Å². The second-order valence-corrected chi connectivity index (χ2v) is 10.8. The zero-order valence-electron chi connectivity index (χ0n) is 22.7. The fourth-order valence-corrected chi connectivity index (χ4v) is 6.85. The Kier molecular flexibility index (Phi) is 4.93. The minimum absolute atomic E-state index is 0.864. The second-order valence-electron chi connectivity index (χ2n) is 10.8. The summed E-state index contributed by atoms with van der Waals surface area (Å²) in [5.41, 5.74) is 9.92. The van der Waals surface area contributed by atoms with Crippen LogP contribution in [-0.2, 0) is 0 Å². The molecule has 42 heavy (non-hydrogen) atoms. The third-order valence-corrected chi connectivity index (χ3v) is 8.58. The van der Waals surface area contributed by atoms with Gasteiger partial charge in [0, 0.05) is 16.2 Å². The molecular formula is C40H24O2. The van der Waals surface area contributed by atoms with E-state index in [0.717, 1.165) is 38.5 Å². The van der Waals surface area contributed by atoms with E-state index in [1.54, 1.807) is 6.26 Å². The van der Waals surface area contributed by atoms with Crippen LogP contribution in [0.15, 0.2) is 155 Å². The van der Waals surface area contributed by atoms with Gasteiger partial charge in [0.25, 0.3) is 0 Å². The van der Waals surface area contributed by atoms with Crippen molar-refractivity contribution in [1.82, 2.24) is 0 Å². The summed E-state index contributed by atoms with van der Waals surface area (Å²) in [7, 11) is 0. The smallest absolute Gasteiger partial charge is 0.136 e. The van der Waals surface area contributed by atoms with Gasteiger partial charge in [0.15, 0.2) is 0 Å². The van der Waals surface area contributed by atoms with Crippen LogP contribution in [0.4, 0.5) is 0 Å². The molecule has 196 valence electrons. The Labute approximate surface area is 242 Å². The first-order valence-corrected chi connectivity index (χ1v) is 14.3. The van der Waals surface area contributed by atoms with Crippen molar-refractivity contribution < 1.29 is 8.83 Å². The van der Waals surface area contributed by atoms with Gasteiger partial charge in [-0.05, 0) is 79.2 Å². The van der Waals surface area contributed by atoms with Crippen molar-refractivity contribution in [3.05, 3.63) is 146 Å². The Morgan fingerprint density at radius 2 is 0.881 bits per heavy atom. The third-order valence-electron chi connectivity index (χ3n) is 8.58. The molecule has 0 spiro atoms. The van der Waals surface area contributed by atoms with E-state index in [0.29, 0.717) is 0 Å². The highest BCUT2D eigenvalue weighted by atomic mass is 16.3. The zero-order chi connectivity index (χ0) is 27.6. The van der Waals surface area contributed by atoms with Gasteiger partial charge in [0.1, 0.15) is 16.7 Å². The highest BCUT2D eigenvalue weighted by molar-refractivity contribution is 6.28. The van der Waals surface area contributed by atoms with Crippen LogP contribution >= 0.6 is 0 Å². The van der Waals surface area contributed by atoms with Crippen molar-refractivity contribution >= 4 is 54.5 Å². The van der Waals surface area contributed by atoms with Crippen LogP contribution in [0.1, 0.15) is 0 Å². The summed E-state index contributed by atoms with van der Waals surface area (Å²) >= 11 is 0. The lowest BCUT2D eigenvalue weighted by Gasteiger charge is -2.20. The summed E-state index contributed by atoms with van der Waals surface area (Å²) in [6.07, 6.45) is 1.76. The predicted molar refractivity (Wildman–Crippen MR) is 175 cm³/mol. The summed E-state index contributed by atoms with van der Waals surface area (Å²) in [4.78, 5) is 0. The van der Waals surface area contributed by atoms with Crippen molar-refractivity contribution in [2.24, 2.45) is 0 Å². The highest BCUT2D eigenvalue weighted by Gasteiger charge is 2.22. The first kappa shape index (κ1) is 23.1. The summed E-state index contributed by atoms with van der Waals surface area (Å²) in [5, 5.41) is 8.18. The van der Waals surface area contributed by atoms with Gasteiger partial charge in [-0.3, -0.25) is 0 Å². The molecule has 0 aliphatic rings. The predicted octanol–water partition coefficient (Wildman–Crippen LogP) is 11.6. The molecular weight excluding hydrogens is 512 g/mol. The Balaban J connectivity index is 1.46. The number of furan rings is 2. The van der Waals surface area contributed by atoms with Gasteiger partial charge in [0.05, 0.1) is 6.26 Å². The topological polar surface area (TPSA) is 26.3 Å². The van der Waals surface area contributed by atoms with Crippen LogP contribution in [0.5, 0.6) is 0 Å². The number of rotatable bonds is 3. The molecule has 9 aromatic rings. The van der Waals surface area contributed by atoms with Crippen LogP contribution in [0.25, 0.3) is 87.8 Å². The third kappa shape index (κ3) is 3.27. The number of fused-ring (bicyclic) bond motifs is 7. The van der Waals surface area contributed by atoms with Gasteiger partial charge < -0.3 is 8.83 Å². The quantitative estimate of drug-likeness (QED) is 0.210. The number of hydrogen-bond donors (Lipinski definition) is 0. The molecule has 9 rings (SSSR count). The summed E-state index contributed by atoms with van der Waals surface area (Å²) < 4.78 is 12.2. The van der Waals surface area contributed by atoms with Crippen LogP contribution in [0.2, 0.25) is 0 Å². The van der Waals surface area contributed by atoms with E-state index >= 15 is 0 Å². The van der Waals surface area contributed by atoms with Gasteiger partial charge in [-0.15, -0.1) is 0 Å². The second kappa shape index (κ2) is 8.95. The van der Waals surface area contributed by atoms with Crippen LogP contribution in [-0.4, -0.2) is 0 Å². The van der Waals surface area contributed by atoms with Crippen LogP contribution < -0.4 is 0 Å². The van der Waals surface area contributed by atoms with Gasteiger partial charge >= 0.3 is 0 Å². The number of hydrogen-bond acceptors (Lipinski definition) is 2. The maximum absolute atomic E-state index is 6.43. The summed E-state index contributed by atoms with van der Waals surface area (Å²) in [6.45, 7) is 0. The Morgan fingerprint density at radius 1 is 0.333 bits per heavy atom. The summed E-state index contributed by atoms with van der Waals surface area (Å²) in [6, 6.07) is 49.6. The molecule has 2 nitrogen and oxygen atoms in total. The van der Waals surface area contributed by atoms with Gasteiger partial charge in [-0.2, -0.15) is 0 Å². The van der Waals surface area contributed by atoms with Crippen molar-refractivity contribution in [2.75, 3.05) is 0 Å². The average molecular weight is 537 g/mol. The summed E-state index contributed by atoms with van der Waals surface area (Å²) in [5.74, 6) is 0. The molecule has 0 radical (unpaired) electrons. The lowest BCUT2D eigenvalue weighted by Crippen LogP contribution is -1.93. The van der Waals surface area contributed by atoms with Gasteiger partial charge in [0.2, 0.25) is 0 Å². The fourth-order valence-electron chi connectivity index (χ4n) is 6.85. The first-order valence-electron chi connectivity index (χ1n) is 14.3. The Hall–Kier alpha value is -5.60. The SMILES string of the molecule is c1ccc(-c2ccccc2-c2c3ccccc3c(-c3cccc4oc5ccc6occc6c5c34)c3ccccc23)cc1. The normalized spacial score (nSPS) is 11.8. The van der Waals surface area contributed by atoms with E-state index in [-0.39, 0.29) is 0 Å². The van der Waals surface area contributed by atoms with E-state index in [4.69, 9.17) is 8.83 Å². The first-order chi connectivity index (χ1) is 20.9. The van der Waals surface area contributed by atoms with Crippen molar-refractivity contribution in [1.29, 1.82) is 0 Å². The van der Waals surface area contributed by atoms with E-state index in [2.05, 4.69) is 121 Å². The molecule has 0 N–H and O–H groups in total. The van der Waals surface area contributed by atoms with Crippen LogP contribution in [0.3, 0.4) is 0 Å². The molecule has 2 aromatic heterocycles. The molecule has 0 aliphatic carbocycles. The maximum atomic E-state index is 6.43. The lowest BCUT2D eigenvalue weighted by atomic mass is 9.83. The molecule has 2 heteroatoms. The minimum atomic E-state index is 0.864. The zero-order valence-corrected chi connectivity index (χ0v) is 22.7. The molecule has 2 heterocycles. The van der Waals surface area contributed by atoms with Crippen molar-refractivity contribution in [3.63, 3.8) is 0 Å². The molecule has 0 bridgehead atoms. The van der Waals surface area contributed by atoms with Gasteiger partial charge in [-0.25, -0.2) is 0 Å². The maximum Gasteiger partial charge on any atom is 0.136 e. The number of benzene rings is 7. The standard InChI is InChI=1S/C40H24O2/c1-2-11-25(12-3-1)26-13-4-5-14-27(26)37-28-15-6-8-17-30(28)38(31-18-9-7-16-29(31)37)33-19-10-20-35-40(33)39-32-23-24-41-34(32)21-22-36(39)42-35/h1-24H. The Bertz CT molecular complexity index is 2400. The lowest BCUT2D eigenvalue weighted by molar-refractivity contribution is 0.615. The molecule has 0 saturated carbocycles. The Morgan fingerprint density at radius 3 is 1.60 bits per heavy atom. The molecule has 0 aliphatic heterocycles. The molecule has 7 aromatic carbocycles. The molecule has 0 amide bonds. The monoisotopic (exact) mass is 536 g/mol. The average Bonchev–Trinajstić information content (AvgIpc) is 3.69. The molecule has 0 unspecified atom stereocenters. The molecule has 0 saturated heterocycles. The van der Waals surface area contributed by atoms with E-state index in [1.165, 1.54) is 49.4 Å². The fraction of sp³-hybridized carbons (Fsp3) is 0. The minimum Gasteiger partial charge on any atom is -0.464 e. The van der Waals surface area contributed by atoms with E-state index in [9.17, 15) is 0 Å². The van der Waals surface area contributed by atoms with Gasteiger partial charge in [-0.1, -0.05) is 115 Å². The molecule has 0 fully saturated rings. The van der Waals surface area contributed by atoms with Crippen molar-refractivity contribution in [2.45, 2.75) is 0 Å². The van der Waals surface area contributed by atoms with Crippen molar-refractivity contribution in [3.8, 4) is 33.4 Å². The molecule has 0 atom stereocenters.